The van der Waals surface area contributed by atoms with Gasteiger partial charge in [-0.2, -0.15) is 0 Å². The van der Waals surface area contributed by atoms with Gasteiger partial charge in [-0.05, 0) is 18.5 Å². The first-order chi connectivity index (χ1) is 9.58. The van der Waals surface area contributed by atoms with E-state index in [-0.39, 0.29) is 0 Å². The van der Waals surface area contributed by atoms with Crippen LogP contribution in [0.5, 0.6) is 11.5 Å². The van der Waals surface area contributed by atoms with E-state index in [1.54, 1.807) is 20.3 Å². The lowest BCUT2D eigenvalue weighted by molar-refractivity contribution is 0.143. The number of rotatable bonds is 9. The van der Waals surface area contributed by atoms with Crippen molar-refractivity contribution in [3.05, 3.63) is 22.7 Å². The van der Waals surface area contributed by atoms with Gasteiger partial charge in [-0.1, -0.05) is 25.4 Å². The molecule has 1 aromatic rings. The molecule has 1 N–H and O–H groups in total. The van der Waals surface area contributed by atoms with Gasteiger partial charge in [0, 0.05) is 30.3 Å². The fourth-order valence-corrected chi connectivity index (χ4v) is 2.02. The van der Waals surface area contributed by atoms with Crippen LogP contribution in [0.15, 0.2) is 12.1 Å². The van der Waals surface area contributed by atoms with Crippen LogP contribution < -0.4 is 14.8 Å². The molecule has 0 spiro atoms. The Hall–Kier alpha value is -0.970. The molecule has 0 saturated heterocycles. The Morgan fingerprint density at radius 1 is 1.20 bits per heavy atom. The number of hydrogen-bond acceptors (Lipinski definition) is 4. The molecule has 0 bridgehead atoms. The predicted octanol–water partition coefficient (Wildman–Crippen LogP) is 3.12. The molecular formula is C15H24ClNO3. The molecule has 0 unspecified atom stereocenters. The highest BCUT2D eigenvalue weighted by molar-refractivity contribution is 6.30. The summed E-state index contributed by atoms with van der Waals surface area (Å²) < 4.78 is 16.1. The Morgan fingerprint density at radius 3 is 2.55 bits per heavy atom. The van der Waals surface area contributed by atoms with E-state index in [2.05, 4.69) is 19.2 Å². The van der Waals surface area contributed by atoms with Crippen LogP contribution >= 0.6 is 11.6 Å². The van der Waals surface area contributed by atoms with E-state index < -0.39 is 0 Å². The van der Waals surface area contributed by atoms with Crippen molar-refractivity contribution in [2.75, 3.05) is 34.0 Å². The van der Waals surface area contributed by atoms with Gasteiger partial charge in [-0.25, -0.2) is 0 Å². The summed E-state index contributed by atoms with van der Waals surface area (Å²) in [6, 6.07) is 3.66. The first kappa shape index (κ1) is 17.1. The molecule has 114 valence electrons. The number of benzene rings is 1. The van der Waals surface area contributed by atoms with Crippen LogP contribution in [0, 0.1) is 5.92 Å². The smallest absolute Gasteiger partial charge is 0.165 e. The second-order valence-electron chi connectivity index (χ2n) is 4.96. The van der Waals surface area contributed by atoms with Crippen molar-refractivity contribution in [2.24, 2.45) is 5.92 Å². The van der Waals surface area contributed by atoms with Gasteiger partial charge in [0.2, 0.25) is 0 Å². The molecule has 0 aromatic heterocycles. The van der Waals surface area contributed by atoms with Crippen LogP contribution in [0.4, 0.5) is 0 Å². The third-order valence-corrected chi connectivity index (χ3v) is 2.94. The average Bonchev–Trinajstić information content (AvgIpc) is 2.40. The highest BCUT2D eigenvalue weighted by Gasteiger charge is 2.13. The van der Waals surface area contributed by atoms with Crippen LogP contribution in [0.1, 0.15) is 19.4 Å². The summed E-state index contributed by atoms with van der Waals surface area (Å²) in [5, 5.41) is 4.03. The number of nitrogens with one attached hydrogen (secondary N) is 1. The molecule has 0 atom stereocenters. The molecule has 0 saturated carbocycles. The maximum Gasteiger partial charge on any atom is 0.165 e. The van der Waals surface area contributed by atoms with Gasteiger partial charge in [0.1, 0.15) is 6.61 Å². The van der Waals surface area contributed by atoms with Crippen molar-refractivity contribution in [2.45, 2.75) is 20.4 Å². The topological polar surface area (TPSA) is 39.7 Å². The average molecular weight is 302 g/mol. The monoisotopic (exact) mass is 301 g/mol. The minimum atomic E-state index is 0.478. The first-order valence-corrected chi connectivity index (χ1v) is 7.15. The fourth-order valence-electron chi connectivity index (χ4n) is 1.79. The maximum absolute atomic E-state index is 6.12. The van der Waals surface area contributed by atoms with E-state index in [4.69, 9.17) is 25.8 Å². The molecule has 20 heavy (non-hydrogen) atoms. The van der Waals surface area contributed by atoms with Gasteiger partial charge < -0.3 is 19.5 Å². The highest BCUT2D eigenvalue weighted by atomic mass is 35.5. The minimum absolute atomic E-state index is 0.478. The van der Waals surface area contributed by atoms with E-state index in [9.17, 15) is 0 Å². The number of ether oxygens (including phenoxy) is 3. The van der Waals surface area contributed by atoms with Gasteiger partial charge in [-0.3, -0.25) is 0 Å². The lowest BCUT2D eigenvalue weighted by Crippen LogP contribution is -2.20. The van der Waals surface area contributed by atoms with Gasteiger partial charge >= 0.3 is 0 Å². The van der Waals surface area contributed by atoms with Gasteiger partial charge in [-0.15, -0.1) is 0 Å². The van der Waals surface area contributed by atoms with Crippen LogP contribution in [0.25, 0.3) is 0 Å². The molecule has 0 radical (unpaired) electrons. The highest BCUT2D eigenvalue weighted by Crippen LogP contribution is 2.34. The van der Waals surface area contributed by atoms with E-state index in [0.29, 0.717) is 36.4 Å². The zero-order chi connectivity index (χ0) is 15.0. The van der Waals surface area contributed by atoms with Crippen LogP contribution in [-0.2, 0) is 11.3 Å². The summed E-state index contributed by atoms with van der Waals surface area (Å²) in [5.74, 6) is 1.97. The zero-order valence-corrected chi connectivity index (χ0v) is 13.4. The lowest BCUT2D eigenvalue weighted by atomic mass is 10.1. The third-order valence-electron chi connectivity index (χ3n) is 2.72. The van der Waals surface area contributed by atoms with Crippen molar-refractivity contribution in [1.29, 1.82) is 0 Å². The third kappa shape index (κ3) is 5.57. The van der Waals surface area contributed by atoms with Crippen molar-refractivity contribution in [3.8, 4) is 11.5 Å². The van der Waals surface area contributed by atoms with E-state index in [0.717, 1.165) is 17.9 Å². The number of methoxy groups -OCH3 is 2. The van der Waals surface area contributed by atoms with E-state index in [1.807, 2.05) is 6.07 Å². The standard InChI is InChI=1S/C15H24ClNO3/c1-11(2)9-17-10-12-7-13(16)8-14(19-4)15(12)20-6-5-18-3/h7-8,11,17H,5-6,9-10H2,1-4H3. The van der Waals surface area contributed by atoms with Crippen molar-refractivity contribution < 1.29 is 14.2 Å². The largest absolute Gasteiger partial charge is 0.493 e. The van der Waals surface area contributed by atoms with Crippen LogP contribution in [0.2, 0.25) is 5.02 Å². The lowest BCUT2D eigenvalue weighted by Gasteiger charge is -2.16. The number of halogens is 1. The van der Waals surface area contributed by atoms with Crippen molar-refractivity contribution in [1.82, 2.24) is 5.32 Å². The molecular weight excluding hydrogens is 278 g/mol. The Balaban J connectivity index is 2.84. The molecule has 0 amide bonds. The molecule has 5 heteroatoms. The summed E-state index contributed by atoms with van der Waals surface area (Å²) in [6.07, 6.45) is 0. The molecule has 1 rings (SSSR count). The Kier molecular flexibility index (Phi) is 7.73. The molecule has 0 aliphatic heterocycles. The molecule has 0 aliphatic rings. The summed E-state index contributed by atoms with van der Waals surface area (Å²) in [7, 11) is 3.26. The SMILES string of the molecule is COCCOc1c(CNCC(C)C)cc(Cl)cc1OC. The predicted molar refractivity (Wildman–Crippen MR) is 81.9 cm³/mol. The van der Waals surface area contributed by atoms with Crippen LogP contribution in [0.3, 0.4) is 0 Å². The minimum Gasteiger partial charge on any atom is -0.493 e. The summed E-state index contributed by atoms with van der Waals surface area (Å²) in [6.45, 7) is 6.98. The van der Waals surface area contributed by atoms with Gasteiger partial charge in [0.25, 0.3) is 0 Å². The molecule has 1 aromatic carbocycles. The van der Waals surface area contributed by atoms with Crippen LogP contribution in [-0.4, -0.2) is 34.0 Å². The molecule has 4 nitrogen and oxygen atoms in total. The van der Waals surface area contributed by atoms with Crippen molar-refractivity contribution >= 4 is 11.6 Å². The Labute approximate surface area is 126 Å². The molecule has 0 fully saturated rings. The summed E-state index contributed by atoms with van der Waals surface area (Å²) in [5.41, 5.74) is 0.992. The normalized spacial score (nSPS) is 10.9. The van der Waals surface area contributed by atoms with Crippen molar-refractivity contribution in [3.63, 3.8) is 0 Å². The second-order valence-corrected chi connectivity index (χ2v) is 5.40. The fraction of sp³-hybridized carbons (Fsp3) is 0.600. The summed E-state index contributed by atoms with van der Waals surface area (Å²) in [4.78, 5) is 0. The van der Waals surface area contributed by atoms with E-state index >= 15 is 0 Å². The zero-order valence-electron chi connectivity index (χ0n) is 12.7. The maximum atomic E-state index is 6.12. The molecule has 0 heterocycles. The quantitative estimate of drug-likeness (QED) is 0.711. The first-order valence-electron chi connectivity index (χ1n) is 6.77. The Bertz CT molecular complexity index is 410. The summed E-state index contributed by atoms with van der Waals surface area (Å²) >= 11 is 6.12. The van der Waals surface area contributed by atoms with Gasteiger partial charge in [0.15, 0.2) is 11.5 Å². The van der Waals surface area contributed by atoms with E-state index in [1.165, 1.54) is 0 Å². The van der Waals surface area contributed by atoms with Gasteiger partial charge in [0.05, 0.1) is 13.7 Å². The number of hydrogen-bond donors (Lipinski definition) is 1. The second kappa shape index (κ2) is 9.06. The Morgan fingerprint density at radius 2 is 1.95 bits per heavy atom. The molecule has 0 aliphatic carbocycles.